The van der Waals surface area contributed by atoms with Crippen LogP contribution in [-0.4, -0.2) is 42.0 Å². The van der Waals surface area contributed by atoms with Crippen LogP contribution in [0.2, 0.25) is 0 Å². The first kappa shape index (κ1) is 12.7. The minimum Gasteiger partial charge on any atom is -0.331 e. The molecule has 0 saturated carbocycles. The van der Waals surface area contributed by atoms with Gasteiger partial charge in [0.05, 0.1) is 0 Å². The van der Waals surface area contributed by atoms with Crippen molar-refractivity contribution >= 4 is 6.03 Å². The molecule has 0 N–H and O–H groups in total. The van der Waals surface area contributed by atoms with E-state index in [1.54, 1.807) is 4.90 Å². The number of amides is 2. The van der Waals surface area contributed by atoms with Crippen molar-refractivity contribution in [2.45, 2.75) is 58.5 Å². The van der Waals surface area contributed by atoms with Gasteiger partial charge in [-0.15, -0.1) is 0 Å². The summed E-state index contributed by atoms with van der Waals surface area (Å²) in [5.74, 6) is 0.770. The molecule has 0 aromatic heterocycles. The molecule has 0 spiro atoms. The van der Waals surface area contributed by atoms with E-state index in [1.165, 1.54) is 25.7 Å². The van der Waals surface area contributed by atoms with E-state index in [-0.39, 0.29) is 6.03 Å². The lowest BCUT2D eigenvalue weighted by molar-refractivity contribution is 0.0651. The topological polar surface area (TPSA) is 23.6 Å². The molecule has 3 heteroatoms. The molecule has 2 atom stereocenters. The quantitative estimate of drug-likeness (QED) is 0.636. The molecule has 0 radical (unpaired) electrons. The fourth-order valence-corrected chi connectivity index (χ4v) is 3.43. The van der Waals surface area contributed by atoms with Gasteiger partial charge in [-0.05, 0) is 37.0 Å². The monoisotopic (exact) mass is 238 g/mol. The Kier molecular flexibility index (Phi) is 3.13. The van der Waals surface area contributed by atoms with Gasteiger partial charge in [0.25, 0.3) is 0 Å². The molecule has 17 heavy (non-hydrogen) atoms. The van der Waals surface area contributed by atoms with Crippen molar-refractivity contribution in [2.75, 3.05) is 14.1 Å². The fourth-order valence-electron chi connectivity index (χ4n) is 3.43. The van der Waals surface area contributed by atoms with Gasteiger partial charge < -0.3 is 9.80 Å². The Morgan fingerprint density at radius 3 is 1.94 bits per heavy atom. The third kappa shape index (κ3) is 2.29. The maximum absolute atomic E-state index is 12.2. The number of urea groups is 1. The van der Waals surface area contributed by atoms with Crippen molar-refractivity contribution in [3.8, 4) is 0 Å². The molecule has 2 rings (SSSR count). The number of piperidine rings is 1. The molecule has 2 aliphatic rings. The van der Waals surface area contributed by atoms with Crippen LogP contribution in [0.4, 0.5) is 4.79 Å². The molecule has 98 valence electrons. The van der Waals surface area contributed by atoms with Crippen molar-refractivity contribution in [3.63, 3.8) is 0 Å². The van der Waals surface area contributed by atoms with Crippen LogP contribution in [0.1, 0.15) is 46.5 Å². The van der Waals surface area contributed by atoms with Crippen LogP contribution >= 0.6 is 0 Å². The van der Waals surface area contributed by atoms with Crippen LogP contribution < -0.4 is 0 Å². The molecule has 0 aromatic carbocycles. The lowest BCUT2D eigenvalue weighted by atomic mass is 9.73. The summed E-state index contributed by atoms with van der Waals surface area (Å²) in [7, 11) is 3.72. The highest BCUT2D eigenvalue weighted by Gasteiger charge is 2.46. The van der Waals surface area contributed by atoms with E-state index >= 15 is 0 Å². The van der Waals surface area contributed by atoms with Gasteiger partial charge >= 0.3 is 6.03 Å². The Hall–Kier alpha value is -0.730. The lowest BCUT2D eigenvalue weighted by Gasteiger charge is -2.44. The molecule has 2 fully saturated rings. The average molecular weight is 238 g/mol. The second-order valence-corrected chi connectivity index (χ2v) is 7.00. The Balaban J connectivity index is 2.11. The third-order valence-corrected chi connectivity index (χ3v) is 4.56. The fraction of sp³-hybridized carbons (Fsp3) is 0.929. The van der Waals surface area contributed by atoms with Crippen molar-refractivity contribution < 1.29 is 4.79 Å². The van der Waals surface area contributed by atoms with Crippen LogP contribution in [0.15, 0.2) is 0 Å². The Morgan fingerprint density at radius 2 is 1.59 bits per heavy atom. The standard InChI is InChI=1S/C14H26N2O/c1-14(2,3)10-8-11-6-7-12(9-10)16(11)13(17)15(4)5/h10-12H,6-9H2,1-5H3. The van der Waals surface area contributed by atoms with Gasteiger partial charge in [0, 0.05) is 26.2 Å². The third-order valence-electron chi connectivity index (χ3n) is 4.56. The zero-order chi connectivity index (χ0) is 12.8. The number of hydrogen-bond donors (Lipinski definition) is 0. The number of hydrogen-bond acceptors (Lipinski definition) is 1. The second kappa shape index (κ2) is 4.18. The molecule has 3 nitrogen and oxygen atoms in total. The van der Waals surface area contributed by atoms with Gasteiger partial charge in [-0.2, -0.15) is 0 Å². The van der Waals surface area contributed by atoms with E-state index in [1.807, 2.05) is 14.1 Å². The predicted molar refractivity (Wildman–Crippen MR) is 69.9 cm³/mol. The molecular weight excluding hydrogens is 212 g/mol. The first-order valence-electron chi connectivity index (χ1n) is 6.80. The number of nitrogens with zero attached hydrogens (tertiary/aromatic N) is 2. The van der Waals surface area contributed by atoms with E-state index in [0.717, 1.165) is 5.92 Å². The van der Waals surface area contributed by atoms with Gasteiger partial charge in [0.15, 0.2) is 0 Å². The Bertz CT molecular complexity index is 292. The average Bonchev–Trinajstić information content (AvgIpc) is 2.45. The zero-order valence-corrected chi connectivity index (χ0v) is 11.9. The summed E-state index contributed by atoms with van der Waals surface area (Å²) >= 11 is 0. The number of carbonyl (C=O) groups excluding carboxylic acids is 1. The SMILES string of the molecule is CN(C)C(=O)N1C2CCC1CC(C(C)(C)C)C2. The molecule has 2 bridgehead atoms. The first-order valence-corrected chi connectivity index (χ1v) is 6.80. The number of fused-ring (bicyclic) bond motifs is 2. The van der Waals surface area contributed by atoms with Crippen molar-refractivity contribution in [1.29, 1.82) is 0 Å². The van der Waals surface area contributed by atoms with Gasteiger partial charge in [0.2, 0.25) is 0 Å². The Morgan fingerprint density at radius 1 is 1.12 bits per heavy atom. The molecule has 2 heterocycles. The van der Waals surface area contributed by atoms with Crippen LogP contribution in [0.25, 0.3) is 0 Å². The van der Waals surface area contributed by atoms with Gasteiger partial charge in [-0.3, -0.25) is 0 Å². The highest BCUT2D eigenvalue weighted by atomic mass is 16.2. The molecule has 0 aliphatic carbocycles. The summed E-state index contributed by atoms with van der Waals surface area (Å²) in [5, 5.41) is 0. The van der Waals surface area contributed by atoms with E-state index in [2.05, 4.69) is 25.7 Å². The predicted octanol–water partition coefficient (Wildman–Crippen LogP) is 2.96. The maximum atomic E-state index is 12.2. The van der Waals surface area contributed by atoms with Crippen molar-refractivity contribution in [2.24, 2.45) is 11.3 Å². The minimum absolute atomic E-state index is 0.213. The van der Waals surface area contributed by atoms with Gasteiger partial charge in [-0.25, -0.2) is 4.79 Å². The smallest absolute Gasteiger partial charge is 0.319 e. The second-order valence-electron chi connectivity index (χ2n) is 7.00. The van der Waals surface area contributed by atoms with E-state index in [9.17, 15) is 4.79 Å². The molecule has 2 aliphatic heterocycles. The Labute approximate surface area is 105 Å². The normalized spacial score (nSPS) is 32.8. The van der Waals surface area contributed by atoms with Crippen LogP contribution in [0.5, 0.6) is 0 Å². The summed E-state index contributed by atoms with van der Waals surface area (Å²) in [6.07, 6.45) is 4.80. The zero-order valence-electron chi connectivity index (χ0n) is 11.9. The summed E-state index contributed by atoms with van der Waals surface area (Å²) in [6.45, 7) is 7.00. The van der Waals surface area contributed by atoms with Crippen LogP contribution in [0.3, 0.4) is 0 Å². The van der Waals surface area contributed by atoms with Crippen molar-refractivity contribution in [3.05, 3.63) is 0 Å². The molecule has 2 unspecified atom stereocenters. The lowest BCUT2D eigenvalue weighted by Crippen LogP contribution is -2.51. The number of rotatable bonds is 0. The first-order chi connectivity index (χ1) is 7.80. The van der Waals surface area contributed by atoms with E-state index in [4.69, 9.17) is 0 Å². The minimum atomic E-state index is 0.213. The summed E-state index contributed by atoms with van der Waals surface area (Å²) in [5.41, 5.74) is 0.383. The van der Waals surface area contributed by atoms with Crippen LogP contribution in [-0.2, 0) is 0 Å². The largest absolute Gasteiger partial charge is 0.331 e. The summed E-state index contributed by atoms with van der Waals surface area (Å²) in [6, 6.07) is 1.20. The molecular formula is C14H26N2O. The van der Waals surface area contributed by atoms with Crippen molar-refractivity contribution in [1.82, 2.24) is 9.80 Å². The highest BCUT2D eigenvalue weighted by molar-refractivity contribution is 5.75. The molecule has 2 amide bonds. The van der Waals surface area contributed by atoms with Gasteiger partial charge in [-0.1, -0.05) is 20.8 Å². The van der Waals surface area contributed by atoms with Crippen LogP contribution in [0, 0.1) is 11.3 Å². The molecule has 0 aromatic rings. The highest BCUT2D eigenvalue weighted by Crippen LogP contribution is 2.45. The summed E-state index contributed by atoms with van der Waals surface area (Å²) in [4.78, 5) is 16.0. The van der Waals surface area contributed by atoms with E-state index < -0.39 is 0 Å². The number of carbonyl (C=O) groups is 1. The maximum Gasteiger partial charge on any atom is 0.319 e. The molecule has 2 saturated heterocycles. The van der Waals surface area contributed by atoms with Gasteiger partial charge in [0.1, 0.15) is 0 Å². The summed E-state index contributed by atoms with van der Waals surface area (Å²) < 4.78 is 0. The van der Waals surface area contributed by atoms with E-state index in [0.29, 0.717) is 17.5 Å².